The van der Waals surface area contributed by atoms with Crippen molar-refractivity contribution < 1.29 is 14.1 Å². The Hall–Kier alpha value is -1.70. The third kappa shape index (κ3) is 3.56. The number of hydrogen-bond donors (Lipinski definition) is 1. The van der Waals surface area contributed by atoms with Crippen LogP contribution < -0.4 is 10.6 Å². The van der Waals surface area contributed by atoms with Gasteiger partial charge in [0.05, 0.1) is 0 Å². The van der Waals surface area contributed by atoms with Crippen molar-refractivity contribution >= 4 is 17.8 Å². The molecule has 0 aromatic heterocycles. The van der Waals surface area contributed by atoms with E-state index in [1.807, 2.05) is 18.2 Å². The SMILES string of the molecule is CC1=CC[C@@H](C(C)C)C[C@]1(O)[C@H](F)P(=O)(c1ccccc1)c1ccccc1. The number of benzene rings is 2. The number of aliphatic hydroxyl groups is 1. The fourth-order valence-electron chi connectivity index (χ4n) is 3.95. The molecule has 144 valence electrons. The van der Waals surface area contributed by atoms with Gasteiger partial charge in [0, 0.05) is 10.6 Å². The second-order valence-corrected chi connectivity index (χ2v) is 10.7. The molecule has 0 aliphatic heterocycles. The Morgan fingerprint density at radius 2 is 1.52 bits per heavy atom. The van der Waals surface area contributed by atoms with Gasteiger partial charge < -0.3 is 9.67 Å². The Morgan fingerprint density at radius 1 is 1.04 bits per heavy atom. The van der Waals surface area contributed by atoms with E-state index in [-0.39, 0.29) is 12.3 Å². The molecule has 3 rings (SSSR count). The third-order valence-corrected chi connectivity index (χ3v) is 9.11. The first-order valence-corrected chi connectivity index (χ1v) is 11.3. The van der Waals surface area contributed by atoms with Crippen LogP contribution in [0.4, 0.5) is 4.39 Å². The lowest BCUT2D eigenvalue weighted by molar-refractivity contribution is -0.00343. The fourth-order valence-corrected chi connectivity index (χ4v) is 6.91. The number of alkyl halides is 1. The normalized spacial score (nSPS) is 24.5. The molecule has 3 atom stereocenters. The van der Waals surface area contributed by atoms with Crippen LogP contribution in [0.3, 0.4) is 0 Å². The highest BCUT2D eigenvalue weighted by molar-refractivity contribution is 7.79. The molecule has 0 bridgehead atoms. The fraction of sp³-hybridized carbons (Fsp3) is 0.391. The average molecular weight is 386 g/mol. The van der Waals surface area contributed by atoms with Crippen molar-refractivity contribution in [3.05, 3.63) is 72.3 Å². The van der Waals surface area contributed by atoms with E-state index in [2.05, 4.69) is 13.8 Å². The summed E-state index contributed by atoms with van der Waals surface area (Å²) >= 11 is 0. The summed E-state index contributed by atoms with van der Waals surface area (Å²) in [6.45, 7) is 5.92. The number of hydrogen-bond acceptors (Lipinski definition) is 2. The molecule has 0 fully saturated rings. The average Bonchev–Trinajstić information content (AvgIpc) is 2.70. The van der Waals surface area contributed by atoms with E-state index < -0.39 is 18.7 Å². The Bertz CT molecular complexity index is 804. The zero-order valence-corrected chi connectivity index (χ0v) is 17.1. The predicted molar refractivity (Wildman–Crippen MR) is 111 cm³/mol. The molecule has 0 radical (unpaired) electrons. The minimum atomic E-state index is -3.70. The van der Waals surface area contributed by atoms with Gasteiger partial charge in [-0.3, -0.25) is 0 Å². The topological polar surface area (TPSA) is 37.3 Å². The number of rotatable bonds is 5. The highest BCUT2D eigenvalue weighted by atomic mass is 31.2. The second kappa shape index (κ2) is 7.73. The van der Waals surface area contributed by atoms with Gasteiger partial charge in [0.15, 0.2) is 13.1 Å². The summed E-state index contributed by atoms with van der Waals surface area (Å²) in [5.41, 5.74) is -1.15. The largest absolute Gasteiger partial charge is 0.382 e. The molecule has 1 aliphatic carbocycles. The standard InChI is InChI=1S/C23H28FO2P/c1-17(2)19-15-14-18(3)23(25,16-19)22(24)27(26,20-10-6-4-7-11-20)21-12-8-5-9-13-21/h4-14,17,19,22,25H,15-16H2,1-3H3/t19-,22-,23-/m1/s1. The highest BCUT2D eigenvalue weighted by Crippen LogP contribution is 2.57. The van der Waals surface area contributed by atoms with Crippen LogP contribution in [0.5, 0.6) is 0 Å². The van der Waals surface area contributed by atoms with Gasteiger partial charge in [-0.2, -0.15) is 0 Å². The van der Waals surface area contributed by atoms with Crippen LogP contribution in [0.1, 0.15) is 33.6 Å². The predicted octanol–water partition coefficient (Wildman–Crippen LogP) is 5.04. The lowest BCUT2D eigenvalue weighted by Crippen LogP contribution is -2.48. The molecule has 1 aliphatic rings. The lowest BCUT2D eigenvalue weighted by Gasteiger charge is -2.42. The minimum absolute atomic E-state index is 0.164. The molecular formula is C23H28FO2P. The summed E-state index contributed by atoms with van der Waals surface area (Å²) in [6, 6.07) is 17.5. The van der Waals surface area contributed by atoms with E-state index in [1.165, 1.54) is 0 Å². The van der Waals surface area contributed by atoms with Gasteiger partial charge in [0.1, 0.15) is 5.60 Å². The Morgan fingerprint density at radius 3 is 1.96 bits per heavy atom. The molecule has 1 N–H and O–H groups in total. The van der Waals surface area contributed by atoms with Crippen LogP contribution in [-0.2, 0) is 4.57 Å². The number of halogens is 1. The maximum absolute atomic E-state index is 16.2. The van der Waals surface area contributed by atoms with Crippen molar-refractivity contribution in [1.82, 2.24) is 0 Å². The van der Waals surface area contributed by atoms with Crippen LogP contribution >= 0.6 is 7.14 Å². The quantitative estimate of drug-likeness (QED) is 0.577. The Kier molecular flexibility index (Phi) is 5.74. The minimum Gasteiger partial charge on any atom is -0.382 e. The maximum atomic E-state index is 16.2. The second-order valence-electron chi connectivity index (χ2n) is 7.92. The molecule has 2 aromatic rings. The lowest BCUT2D eigenvalue weighted by atomic mass is 9.74. The molecule has 2 aromatic carbocycles. The van der Waals surface area contributed by atoms with E-state index in [0.717, 1.165) is 6.42 Å². The summed E-state index contributed by atoms with van der Waals surface area (Å²) in [5.74, 6) is -1.41. The summed E-state index contributed by atoms with van der Waals surface area (Å²) < 4.78 is 30.5. The molecular weight excluding hydrogens is 358 g/mol. The summed E-state index contributed by atoms with van der Waals surface area (Å²) in [6.07, 6.45) is 3.03. The zero-order chi connectivity index (χ0) is 19.7. The van der Waals surface area contributed by atoms with Crippen molar-refractivity contribution in [2.75, 3.05) is 0 Å². The van der Waals surface area contributed by atoms with Gasteiger partial charge in [0.2, 0.25) is 0 Å². The van der Waals surface area contributed by atoms with Crippen LogP contribution in [0, 0.1) is 11.8 Å². The van der Waals surface area contributed by atoms with E-state index in [9.17, 15) is 9.67 Å². The first kappa shape index (κ1) is 20.0. The molecule has 0 spiro atoms. The zero-order valence-electron chi connectivity index (χ0n) is 16.2. The Balaban J connectivity index is 2.14. The van der Waals surface area contributed by atoms with Crippen molar-refractivity contribution in [3.8, 4) is 0 Å². The molecule has 0 saturated carbocycles. The van der Waals surface area contributed by atoms with Gasteiger partial charge in [-0.15, -0.1) is 0 Å². The van der Waals surface area contributed by atoms with Crippen LogP contribution in [0.15, 0.2) is 72.3 Å². The van der Waals surface area contributed by atoms with Crippen LogP contribution in [0.25, 0.3) is 0 Å². The Labute approximate surface area is 161 Å². The third-order valence-electron chi connectivity index (χ3n) is 5.92. The number of allylic oxidation sites excluding steroid dienone is 1. The summed E-state index contributed by atoms with van der Waals surface area (Å²) in [7, 11) is -3.70. The van der Waals surface area contributed by atoms with Crippen LogP contribution in [-0.4, -0.2) is 16.6 Å². The van der Waals surface area contributed by atoms with Crippen molar-refractivity contribution in [1.29, 1.82) is 0 Å². The first-order valence-electron chi connectivity index (χ1n) is 9.54. The maximum Gasteiger partial charge on any atom is 0.193 e. The van der Waals surface area contributed by atoms with Gasteiger partial charge in [-0.05, 0) is 37.2 Å². The molecule has 0 unspecified atom stereocenters. The molecule has 0 heterocycles. The molecule has 0 amide bonds. The van der Waals surface area contributed by atoms with Crippen molar-refractivity contribution in [2.24, 2.45) is 11.8 Å². The smallest absolute Gasteiger partial charge is 0.193 e. The van der Waals surface area contributed by atoms with Crippen molar-refractivity contribution in [3.63, 3.8) is 0 Å². The molecule has 27 heavy (non-hydrogen) atoms. The van der Waals surface area contributed by atoms with Gasteiger partial charge >= 0.3 is 0 Å². The summed E-state index contributed by atoms with van der Waals surface area (Å²) in [4.78, 5) is 0. The van der Waals surface area contributed by atoms with Crippen molar-refractivity contribution in [2.45, 2.75) is 45.1 Å². The molecule has 4 heteroatoms. The van der Waals surface area contributed by atoms with Gasteiger partial charge in [-0.1, -0.05) is 80.6 Å². The molecule has 0 saturated heterocycles. The molecule has 2 nitrogen and oxygen atoms in total. The van der Waals surface area contributed by atoms with Gasteiger partial charge in [-0.25, -0.2) is 4.39 Å². The first-order chi connectivity index (χ1) is 12.8. The van der Waals surface area contributed by atoms with Gasteiger partial charge in [0.25, 0.3) is 0 Å². The van der Waals surface area contributed by atoms with E-state index in [0.29, 0.717) is 22.1 Å². The highest BCUT2D eigenvalue weighted by Gasteiger charge is 2.53. The van der Waals surface area contributed by atoms with Crippen LogP contribution in [0.2, 0.25) is 0 Å². The van der Waals surface area contributed by atoms with E-state index in [4.69, 9.17) is 0 Å². The monoisotopic (exact) mass is 386 g/mol. The van der Waals surface area contributed by atoms with E-state index in [1.54, 1.807) is 55.5 Å². The summed E-state index contributed by atoms with van der Waals surface area (Å²) in [5, 5.41) is 12.4. The van der Waals surface area contributed by atoms with E-state index >= 15 is 4.39 Å².